The highest BCUT2D eigenvalue weighted by Gasteiger charge is 2.39. The lowest BCUT2D eigenvalue weighted by molar-refractivity contribution is 0.181. The first-order valence-electron chi connectivity index (χ1n) is 7.83. The van der Waals surface area contributed by atoms with Gasteiger partial charge in [0.05, 0.1) is 0 Å². The second-order valence-electron chi connectivity index (χ2n) is 6.96. The van der Waals surface area contributed by atoms with E-state index in [0.29, 0.717) is 11.5 Å². The summed E-state index contributed by atoms with van der Waals surface area (Å²) >= 11 is 0. The van der Waals surface area contributed by atoms with E-state index >= 15 is 0 Å². The summed E-state index contributed by atoms with van der Waals surface area (Å²) in [5, 5.41) is 0. The van der Waals surface area contributed by atoms with Crippen LogP contribution in [0.5, 0.6) is 0 Å². The van der Waals surface area contributed by atoms with Gasteiger partial charge in [-0.05, 0) is 49.5 Å². The lowest BCUT2D eigenvalue weighted by Crippen LogP contribution is -2.42. The van der Waals surface area contributed by atoms with E-state index in [0.717, 1.165) is 12.3 Å². The zero-order chi connectivity index (χ0) is 13.9. The zero-order valence-corrected chi connectivity index (χ0v) is 12.8. The topological polar surface area (TPSA) is 26.0 Å². The zero-order valence-electron chi connectivity index (χ0n) is 12.8. The molecule has 1 atom stereocenters. The standard InChI is InChI=1S/C18H29N/c1-14(2)13-18(10-4-5-11-18)17(19)12-16-8-6-15(3)7-9-16/h6-9,14,17H,4-5,10-13,19H2,1-3H3. The highest BCUT2D eigenvalue weighted by atomic mass is 14.7. The average Bonchev–Trinajstić information content (AvgIpc) is 2.81. The van der Waals surface area contributed by atoms with Crippen molar-refractivity contribution in [3.05, 3.63) is 35.4 Å². The fourth-order valence-electron chi connectivity index (χ4n) is 3.81. The lowest BCUT2D eigenvalue weighted by atomic mass is 9.71. The normalized spacial score (nSPS) is 19.8. The SMILES string of the molecule is Cc1ccc(CC(N)C2(CC(C)C)CCCC2)cc1. The lowest BCUT2D eigenvalue weighted by Gasteiger charge is -2.37. The molecule has 0 aromatic heterocycles. The molecule has 1 fully saturated rings. The molecule has 0 heterocycles. The minimum Gasteiger partial charge on any atom is -0.327 e. The largest absolute Gasteiger partial charge is 0.327 e. The fraction of sp³-hybridized carbons (Fsp3) is 0.667. The van der Waals surface area contributed by atoms with Crippen LogP contribution in [0.25, 0.3) is 0 Å². The molecule has 1 aliphatic carbocycles. The third kappa shape index (κ3) is 3.60. The van der Waals surface area contributed by atoms with Crippen LogP contribution >= 0.6 is 0 Å². The maximum Gasteiger partial charge on any atom is 0.0136 e. The Labute approximate surface area is 118 Å². The van der Waals surface area contributed by atoms with Crippen LogP contribution in [0.15, 0.2) is 24.3 Å². The van der Waals surface area contributed by atoms with Gasteiger partial charge in [-0.2, -0.15) is 0 Å². The molecular weight excluding hydrogens is 230 g/mol. The first-order valence-corrected chi connectivity index (χ1v) is 7.83. The Hall–Kier alpha value is -0.820. The predicted octanol–water partition coefficient (Wildman–Crippen LogP) is 4.47. The number of benzene rings is 1. The molecule has 0 aliphatic heterocycles. The van der Waals surface area contributed by atoms with E-state index < -0.39 is 0 Å². The van der Waals surface area contributed by atoms with E-state index in [2.05, 4.69) is 45.0 Å². The van der Waals surface area contributed by atoms with E-state index in [1.54, 1.807) is 0 Å². The molecule has 1 aliphatic rings. The van der Waals surface area contributed by atoms with Crippen molar-refractivity contribution in [3.8, 4) is 0 Å². The summed E-state index contributed by atoms with van der Waals surface area (Å²) in [4.78, 5) is 0. The second-order valence-corrected chi connectivity index (χ2v) is 6.96. The van der Waals surface area contributed by atoms with Crippen LogP contribution in [0.2, 0.25) is 0 Å². The summed E-state index contributed by atoms with van der Waals surface area (Å²) in [6.07, 6.45) is 7.73. The van der Waals surface area contributed by atoms with Crippen LogP contribution in [0.1, 0.15) is 57.1 Å². The van der Waals surface area contributed by atoms with Crippen LogP contribution in [0.3, 0.4) is 0 Å². The average molecular weight is 259 g/mol. The van der Waals surface area contributed by atoms with Gasteiger partial charge in [-0.25, -0.2) is 0 Å². The highest BCUT2D eigenvalue weighted by Crippen LogP contribution is 2.46. The Morgan fingerprint density at radius 3 is 2.21 bits per heavy atom. The smallest absolute Gasteiger partial charge is 0.0136 e. The molecule has 0 spiro atoms. The minimum absolute atomic E-state index is 0.320. The van der Waals surface area contributed by atoms with Crippen molar-refractivity contribution < 1.29 is 0 Å². The number of aryl methyl sites for hydroxylation is 1. The molecular formula is C18H29N. The number of hydrogen-bond donors (Lipinski definition) is 1. The van der Waals surface area contributed by atoms with Gasteiger partial charge in [0.1, 0.15) is 0 Å². The molecule has 0 bridgehead atoms. The molecule has 106 valence electrons. The minimum atomic E-state index is 0.320. The van der Waals surface area contributed by atoms with Gasteiger partial charge in [-0.1, -0.05) is 56.5 Å². The molecule has 0 amide bonds. The van der Waals surface area contributed by atoms with Crippen LogP contribution in [0.4, 0.5) is 0 Å². The van der Waals surface area contributed by atoms with E-state index in [4.69, 9.17) is 5.73 Å². The predicted molar refractivity (Wildman–Crippen MR) is 83.2 cm³/mol. The second kappa shape index (κ2) is 6.09. The molecule has 0 saturated heterocycles. The third-order valence-corrected chi connectivity index (χ3v) is 4.78. The van der Waals surface area contributed by atoms with Gasteiger partial charge in [-0.3, -0.25) is 0 Å². The Morgan fingerprint density at radius 1 is 1.11 bits per heavy atom. The van der Waals surface area contributed by atoms with Crippen LogP contribution in [0, 0.1) is 18.3 Å². The number of hydrogen-bond acceptors (Lipinski definition) is 1. The van der Waals surface area contributed by atoms with Gasteiger partial charge in [-0.15, -0.1) is 0 Å². The fourth-order valence-corrected chi connectivity index (χ4v) is 3.81. The number of rotatable bonds is 5. The van der Waals surface area contributed by atoms with Crippen molar-refractivity contribution in [2.45, 2.75) is 65.3 Å². The molecule has 19 heavy (non-hydrogen) atoms. The van der Waals surface area contributed by atoms with Crippen molar-refractivity contribution in [2.75, 3.05) is 0 Å². The summed E-state index contributed by atoms with van der Waals surface area (Å²) in [5.74, 6) is 0.752. The van der Waals surface area contributed by atoms with Crippen molar-refractivity contribution in [2.24, 2.45) is 17.1 Å². The molecule has 1 heteroatoms. The summed E-state index contributed by atoms with van der Waals surface area (Å²) in [6, 6.07) is 9.21. The Kier molecular flexibility index (Phi) is 4.67. The molecule has 1 aromatic carbocycles. The van der Waals surface area contributed by atoms with Crippen molar-refractivity contribution in [1.29, 1.82) is 0 Å². The quantitative estimate of drug-likeness (QED) is 0.829. The number of nitrogens with two attached hydrogens (primary N) is 1. The van der Waals surface area contributed by atoms with E-state index in [1.807, 2.05) is 0 Å². The molecule has 2 rings (SSSR count). The van der Waals surface area contributed by atoms with Crippen molar-refractivity contribution in [3.63, 3.8) is 0 Å². The van der Waals surface area contributed by atoms with Crippen LogP contribution in [-0.2, 0) is 6.42 Å². The van der Waals surface area contributed by atoms with Gasteiger partial charge in [0.2, 0.25) is 0 Å². The third-order valence-electron chi connectivity index (χ3n) is 4.78. The summed E-state index contributed by atoms with van der Waals surface area (Å²) in [7, 11) is 0. The molecule has 1 saturated carbocycles. The molecule has 2 N–H and O–H groups in total. The maximum atomic E-state index is 6.63. The first-order chi connectivity index (χ1) is 9.02. The van der Waals surface area contributed by atoms with Crippen molar-refractivity contribution in [1.82, 2.24) is 0 Å². The highest BCUT2D eigenvalue weighted by molar-refractivity contribution is 5.22. The Morgan fingerprint density at radius 2 is 1.68 bits per heavy atom. The van der Waals surface area contributed by atoms with Crippen LogP contribution < -0.4 is 5.73 Å². The Bertz CT molecular complexity index is 385. The summed E-state index contributed by atoms with van der Waals surface area (Å²) in [5.41, 5.74) is 9.76. The van der Waals surface area contributed by atoms with Crippen LogP contribution in [-0.4, -0.2) is 6.04 Å². The monoisotopic (exact) mass is 259 g/mol. The van der Waals surface area contributed by atoms with Crippen molar-refractivity contribution >= 4 is 0 Å². The molecule has 0 radical (unpaired) electrons. The van der Waals surface area contributed by atoms with E-state index in [9.17, 15) is 0 Å². The molecule has 1 unspecified atom stereocenters. The van der Waals surface area contributed by atoms with Gasteiger partial charge in [0, 0.05) is 6.04 Å². The maximum absolute atomic E-state index is 6.63. The molecule has 1 aromatic rings. The van der Waals surface area contributed by atoms with Gasteiger partial charge in [0.25, 0.3) is 0 Å². The summed E-state index contributed by atoms with van der Waals surface area (Å²) in [6.45, 7) is 6.80. The van der Waals surface area contributed by atoms with E-state index in [1.165, 1.54) is 43.2 Å². The summed E-state index contributed by atoms with van der Waals surface area (Å²) < 4.78 is 0. The van der Waals surface area contributed by atoms with Gasteiger partial charge >= 0.3 is 0 Å². The van der Waals surface area contributed by atoms with E-state index in [-0.39, 0.29) is 0 Å². The van der Waals surface area contributed by atoms with Gasteiger partial charge in [0.15, 0.2) is 0 Å². The van der Waals surface area contributed by atoms with Gasteiger partial charge < -0.3 is 5.73 Å². The molecule has 1 nitrogen and oxygen atoms in total. The first kappa shape index (κ1) is 14.6. The Balaban J connectivity index is 2.07.